The van der Waals surface area contributed by atoms with Crippen LogP contribution in [0.25, 0.3) is 0 Å². The van der Waals surface area contributed by atoms with Crippen molar-refractivity contribution >= 4 is 10.1 Å². The number of rotatable bonds is 11. The normalized spacial score (nSPS) is 11.5. The van der Waals surface area contributed by atoms with Crippen molar-refractivity contribution in [2.45, 2.75) is 76.5 Å². The Balaban J connectivity index is 0.00000484. The van der Waals surface area contributed by atoms with Gasteiger partial charge >= 0.3 is 51.4 Å². The molecule has 0 heterocycles. The maximum absolute atomic E-state index is 11.2. The Hall–Kier alpha value is 0.766. The monoisotopic (exact) mass is 364 g/mol. The Morgan fingerprint density at radius 1 is 0.913 bits per heavy atom. The Morgan fingerprint density at radius 2 is 1.43 bits per heavy atom. The van der Waals surface area contributed by atoms with Crippen LogP contribution in [0, 0.1) is 5.92 Å². The fraction of sp³-hybridized carbons (Fsp3) is 0.667. The molecule has 1 aromatic rings. The molecule has 0 fully saturated rings. The van der Waals surface area contributed by atoms with Gasteiger partial charge in [0, 0.05) is 0 Å². The van der Waals surface area contributed by atoms with Gasteiger partial charge < -0.3 is 4.55 Å². The number of benzene rings is 1. The van der Waals surface area contributed by atoms with Crippen molar-refractivity contribution in [3.05, 3.63) is 29.8 Å². The van der Waals surface area contributed by atoms with Crippen LogP contribution in [0.5, 0.6) is 0 Å². The van der Waals surface area contributed by atoms with Crippen LogP contribution < -0.4 is 51.4 Å². The number of hydrogen-bond donors (Lipinski definition) is 0. The van der Waals surface area contributed by atoms with Gasteiger partial charge in [0.15, 0.2) is 0 Å². The summed E-state index contributed by atoms with van der Waals surface area (Å²) in [6, 6.07) is 6.55. The van der Waals surface area contributed by atoms with E-state index in [1.54, 1.807) is 18.2 Å². The van der Waals surface area contributed by atoms with E-state index in [-0.39, 0.29) is 56.3 Å². The van der Waals surface area contributed by atoms with Crippen LogP contribution in [0.2, 0.25) is 0 Å². The first-order valence-corrected chi connectivity index (χ1v) is 9.86. The Kier molecular flexibility index (Phi) is 13.5. The molecular weight excluding hydrogens is 335 g/mol. The van der Waals surface area contributed by atoms with Crippen LogP contribution in [-0.4, -0.2) is 13.0 Å². The zero-order chi connectivity index (χ0) is 16.4. The van der Waals surface area contributed by atoms with Gasteiger partial charge in [-0.05, 0) is 30.4 Å². The van der Waals surface area contributed by atoms with Gasteiger partial charge in [-0.3, -0.25) is 0 Å². The summed E-state index contributed by atoms with van der Waals surface area (Å²) >= 11 is 0. The van der Waals surface area contributed by atoms with Crippen LogP contribution in [0.15, 0.2) is 29.2 Å². The Labute approximate surface area is 184 Å². The van der Waals surface area contributed by atoms with Crippen LogP contribution in [-0.2, 0) is 16.5 Å². The molecule has 5 heteroatoms. The first-order chi connectivity index (χ1) is 10.4. The standard InChI is InChI=1S/C18H30O3S.K/c1-16(2)12-8-6-4-3-5-7-9-13-17-14-10-11-15-18(17)22(19,20)21;/h10-11,14-16H,3-9,12-13H2,1-2H3,(H,19,20,21);/q;+1/p-1. The van der Waals surface area contributed by atoms with Crippen LogP contribution in [0.4, 0.5) is 0 Å². The average Bonchev–Trinajstić information content (AvgIpc) is 2.44. The van der Waals surface area contributed by atoms with Crippen LogP contribution in [0.3, 0.4) is 0 Å². The molecule has 0 unspecified atom stereocenters. The molecule has 23 heavy (non-hydrogen) atoms. The summed E-state index contributed by atoms with van der Waals surface area (Å²) in [5, 5.41) is 0. The van der Waals surface area contributed by atoms with Gasteiger partial charge in [-0.15, -0.1) is 0 Å². The second-order valence-electron chi connectivity index (χ2n) is 6.47. The van der Waals surface area contributed by atoms with Crippen molar-refractivity contribution in [3.8, 4) is 0 Å². The van der Waals surface area contributed by atoms with Gasteiger partial charge in [0.05, 0.1) is 4.90 Å². The molecule has 0 bridgehead atoms. The van der Waals surface area contributed by atoms with E-state index in [2.05, 4.69) is 13.8 Å². The summed E-state index contributed by atoms with van der Waals surface area (Å²) in [5.74, 6) is 0.803. The second-order valence-corrected chi connectivity index (χ2v) is 7.82. The molecule has 0 aliphatic heterocycles. The molecule has 0 aromatic heterocycles. The molecule has 126 valence electrons. The van der Waals surface area contributed by atoms with E-state index in [1.807, 2.05) is 0 Å². The maximum Gasteiger partial charge on any atom is 1.00 e. The predicted molar refractivity (Wildman–Crippen MR) is 89.9 cm³/mol. The minimum atomic E-state index is -4.35. The SMILES string of the molecule is CC(C)CCCCCCCCCc1ccccc1S(=O)(=O)[O-].[K+]. The van der Waals surface area contributed by atoms with Crippen LogP contribution >= 0.6 is 0 Å². The summed E-state index contributed by atoms with van der Waals surface area (Å²) in [6.07, 6.45) is 10.4. The molecule has 1 aromatic carbocycles. The molecule has 0 spiro atoms. The summed E-state index contributed by atoms with van der Waals surface area (Å²) in [7, 11) is -4.35. The zero-order valence-corrected chi connectivity index (χ0v) is 18.8. The number of aryl methyl sites for hydroxylation is 1. The summed E-state index contributed by atoms with van der Waals surface area (Å²) in [5.41, 5.74) is 0.662. The molecule has 0 saturated carbocycles. The Morgan fingerprint density at radius 3 is 2.00 bits per heavy atom. The minimum absolute atomic E-state index is 0. The van der Waals surface area contributed by atoms with Crippen molar-refractivity contribution in [1.29, 1.82) is 0 Å². The molecule has 3 nitrogen and oxygen atoms in total. The summed E-state index contributed by atoms with van der Waals surface area (Å²) in [4.78, 5) is -0.0521. The largest absolute Gasteiger partial charge is 1.00 e. The van der Waals surface area contributed by atoms with Gasteiger partial charge in [0.1, 0.15) is 10.1 Å². The minimum Gasteiger partial charge on any atom is -0.744 e. The fourth-order valence-corrected chi connectivity index (χ4v) is 3.44. The number of hydrogen-bond acceptors (Lipinski definition) is 3. The molecule has 0 atom stereocenters. The van der Waals surface area contributed by atoms with E-state index in [1.165, 1.54) is 44.6 Å². The van der Waals surface area contributed by atoms with Crippen molar-refractivity contribution in [1.82, 2.24) is 0 Å². The van der Waals surface area contributed by atoms with Gasteiger partial charge in [0.2, 0.25) is 0 Å². The molecule has 0 aliphatic rings. The topological polar surface area (TPSA) is 57.2 Å². The second kappa shape index (κ2) is 13.0. The molecule has 0 amide bonds. The van der Waals surface area contributed by atoms with Crippen molar-refractivity contribution < 1.29 is 64.4 Å². The third-order valence-corrected chi connectivity index (χ3v) is 4.91. The molecule has 0 aliphatic carbocycles. The first-order valence-electron chi connectivity index (χ1n) is 8.45. The van der Waals surface area contributed by atoms with Gasteiger partial charge in [-0.25, -0.2) is 8.42 Å². The van der Waals surface area contributed by atoms with Gasteiger partial charge in [-0.1, -0.05) is 77.0 Å². The average molecular weight is 365 g/mol. The molecule has 0 N–H and O–H groups in total. The molecular formula is C18H29KO3S. The van der Waals surface area contributed by atoms with E-state index in [0.717, 1.165) is 18.8 Å². The quantitative estimate of drug-likeness (QED) is 0.342. The fourth-order valence-electron chi connectivity index (χ4n) is 2.71. The maximum atomic E-state index is 11.2. The number of unbranched alkanes of at least 4 members (excludes halogenated alkanes) is 6. The Bertz CT molecular complexity index is 527. The van der Waals surface area contributed by atoms with E-state index in [4.69, 9.17) is 0 Å². The van der Waals surface area contributed by atoms with E-state index < -0.39 is 10.1 Å². The summed E-state index contributed by atoms with van der Waals surface area (Å²) in [6.45, 7) is 4.53. The van der Waals surface area contributed by atoms with E-state index >= 15 is 0 Å². The molecule has 0 saturated heterocycles. The van der Waals surface area contributed by atoms with E-state index in [9.17, 15) is 13.0 Å². The zero-order valence-electron chi connectivity index (χ0n) is 14.9. The summed E-state index contributed by atoms with van der Waals surface area (Å²) < 4.78 is 33.5. The first kappa shape index (κ1) is 23.8. The van der Waals surface area contributed by atoms with Crippen molar-refractivity contribution in [3.63, 3.8) is 0 Å². The van der Waals surface area contributed by atoms with Crippen molar-refractivity contribution in [2.24, 2.45) is 5.92 Å². The molecule has 0 radical (unpaired) electrons. The van der Waals surface area contributed by atoms with Crippen molar-refractivity contribution in [2.75, 3.05) is 0 Å². The van der Waals surface area contributed by atoms with Gasteiger partial charge in [-0.2, -0.15) is 0 Å². The third kappa shape index (κ3) is 11.1. The van der Waals surface area contributed by atoms with E-state index in [0.29, 0.717) is 12.0 Å². The third-order valence-electron chi connectivity index (χ3n) is 3.97. The predicted octanol–water partition coefficient (Wildman–Crippen LogP) is 1.91. The molecule has 1 rings (SSSR count). The van der Waals surface area contributed by atoms with Gasteiger partial charge in [0.25, 0.3) is 0 Å². The smallest absolute Gasteiger partial charge is 0.744 e. The van der Waals surface area contributed by atoms with Crippen LogP contribution in [0.1, 0.15) is 70.8 Å².